The minimum atomic E-state index is -0.875. The van der Waals surface area contributed by atoms with Gasteiger partial charge in [0.2, 0.25) is 0 Å². The molecule has 1 aromatic rings. The van der Waals surface area contributed by atoms with Crippen molar-refractivity contribution in [3.63, 3.8) is 0 Å². The summed E-state index contributed by atoms with van der Waals surface area (Å²) in [6, 6.07) is 9.59. The van der Waals surface area contributed by atoms with E-state index < -0.39 is 11.5 Å². The van der Waals surface area contributed by atoms with Crippen molar-refractivity contribution in [3.05, 3.63) is 47.5 Å². The van der Waals surface area contributed by atoms with Gasteiger partial charge in [0, 0.05) is 11.6 Å². The van der Waals surface area contributed by atoms with E-state index in [2.05, 4.69) is 0 Å². The third-order valence-electron chi connectivity index (χ3n) is 2.25. The average molecular weight is 307 g/mol. The third-order valence-corrected chi connectivity index (χ3v) is 2.25. The first-order valence-corrected chi connectivity index (χ1v) is 6.96. The number of carbonyl (C=O) groups is 2. The van der Waals surface area contributed by atoms with Crippen molar-refractivity contribution in [2.24, 2.45) is 5.73 Å². The highest BCUT2D eigenvalue weighted by Crippen LogP contribution is 2.07. The Balaban J connectivity index is 0.000000534. The summed E-state index contributed by atoms with van der Waals surface area (Å²) in [5, 5.41) is 8.01. The van der Waals surface area contributed by atoms with Gasteiger partial charge in [-0.05, 0) is 33.3 Å². The fourth-order valence-corrected chi connectivity index (χ4v) is 1.41. The molecule has 22 heavy (non-hydrogen) atoms. The molecule has 1 aromatic carbocycles. The number of allylic oxidation sites excluding steroid dienone is 1. The topological polar surface area (TPSA) is 89.6 Å². The highest BCUT2D eigenvalue weighted by atomic mass is 16.5. The van der Waals surface area contributed by atoms with Crippen LogP contribution in [0.1, 0.15) is 39.7 Å². The lowest BCUT2D eigenvalue weighted by Crippen LogP contribution is -2.35. The van der Waals surface area contributed by atoms with E-state index in [-0.39, 0.29) is 12.4 Å². The molecule has 0 spiro atoms. The molecule has 3 N–H and O–H groups in total. The highest BCUT2D eigenvalue weighted by molar-refractivity contribution is 5.80. The normalized spacial score (nSPS) is 10.0. The van der Waals surface area contributed by atoms with Crippen molar-refractivity contribution in [1.29, 1.82) is 0 Å². The number of carboxylic acid groups (broad SMARTS) is 1. The van der Waals surface area contributed by atoms with E-state index in [1.807, 2.05) is 30.3 Å². The lowest BCUT2D eigenvalue weighted by Gasteiger charge is -2.16. The van der Waals surface area contributed by atoms with E-state index in [9.17, 15) is 9.59 Å². The van der Waals surface area contributed by atoms with Gasteiger partial charge in [0.15, 0.2) is 0 Å². The minimum Gasteiger partial charge on any atom is -0.478 e. The van der Waals surface area contributed by atoms with Crippen LogP contribution in [0, 0.1) is 0 Å². The molecule has 5 nitrogen and oxygen atoms in total. The smallest absolute Gasteiger partial charge is 0.328 e. The molecule has 0 saturated carbocycles. The summed E-state index contributed by atoms with van der Waals surface area (Å²) in [5.41, 5.74) is 7.00. The Morgan fingerprint density at radius 1 is 1.23 bits per heavy atom. The lowest BCUT2D eigenvalue weighted by molar-refractivity contribution is -0.146. The fourth-order valence-electron chi connectivity index (χ4n) is 1.41. The van der Waals surface area contributed by atoms with E-state index in [4.69, 9.17) is 15.6 Å². The Bertz CT molecular complexity index is 497. The van der Waals surface area contributed by atoms with Gasteiger partial charge in [-0.3, -0.25) is 4.79 Å². The molecule has 0 aliphatic heterocycles. The van der Waals surface area contributed by atoms with Crippen LogP contribution in [0.2, 0.25) is 0 Å². The van der Waals surface area contributed by atoms with Crippen LogP contribution in [0.3, 0.4) is 0 Å². The molecule has 122 valence electrons. The van der Waals surface area contributed by atoms with Gasteiger partial charge in [0.25, 0.3) is 0 Å². The molecule has 0 fully saturated rings. The summed E-state index contributed by atoms with van der Waals surface area (Å²) < 4.78 is 5.09. The molecule has 5 heteroatoms. The second kappa shape index (κ2) is 9.73. The van der Waals surface area contributed by atoms with Gasteiger partial charge in [0.1, 0.15) is 6.61 Å². The SMILES string of the molecule is CC(C)(N)CC(=O)OCc1ccccc1.CC(C)=CC(=O)O. The van der Waals surface area contributed by atoms with Crippen molar-refractivity contribution in [1.82, 2.24) is 0 Å². The van der Waals surface area contributed by atoms with Crippen LogP contribution in [0.5, 0.6) is 0 Å². The first kappa shape index (κ1) is 19.9. The molecule has 0 unspecified atom stereocenters. The van der Waals surface area contributed by atoms with E-state index >= 15 is 0 Å². The van der Waals surface area contributed by atoms with Crippen molar-refractivity contribution in [2.75, 3.05) is 0 Å². The number of benzene rings is 1. The molecule has 0 atom stereocenters. The molecule has 0 radical (unpaired) electrons. The number of nitrogens with two attached hydrogens (primary N) is 1. The van der Waals surface area contributed by atoms with Gasteiger partial charge in [0.05, 0.1) is 6.42 Å². The molecular weight excluding hydrogens is 282 g/mol. The first-order chi connectivity index (χ1) is 10.1. The maximum Gasteiger partial charge on any atom is 0.328 e. The zero-order valence-corrected chi connectivity index (χ0v) is 13.6. The summed E-state index contributed by atoms with van der Waals surface area (Å²) in [4.78, 5) is 21.1. The number of aliphatic carboxylic acids is 1. The number of rotatable bonds is 5. The Morgan fingerprint density at radius 3 is 2.14 bits per heavy atom. The molecule has 0 aliphatic rings. The molecule has 0 amide bonds. The quantitative estimate of drug-likeness (QED) is 0.645. The molecule has 0 heterocycles. The third kappa shape index (κ3) is 12.9. The van der Waals surface area contributed by atoms with Gasteiger partial charge >= 0.3 is 11.9 Å². The zero-order chi connectivity index (χ0) is 17.2. The van der Waals surface area contributed by atoms with Gasteiger partial charge in [-0.25, -0.2) is 4.79 Å². The summed E-state index contributed by atoms with van der Waals surface area (Å²) in [6.45, 7) is 7.41. The monoisotopic (exact) mass is 307 g/mol. The van der Waals surface area contributed by atoms with Crippen LogP contribution in [0.25, 0.3) is 0 Å². The molecule has 0 aliphatic carbocycles. The van der Waals surface area contributed by atoms with Gasteiger partial charge in [-0.1, -0.05) is 35.9 Å². The number of hydrogen-bond acceptors (Lipinski definition) is 4. The van der Waals surface area contributed by atoms with Crippen LogP contribution in [0.4, 0.5) is 0 Å². The second-order valence-electron chi connectivity index (χ2n) is 5.87. The molecule has 0 bridgehead atoms. The summed E-state index contributed by atoms with van der Waals surface area (Å²) in [6.07, 6.45) is 1.40. The van der Waals surface area contributed by atoms with Crippen LogP contribution < -0.4 is 5.73 Å². The minimum absolute atomic E-state index is 0.236. The van der Waals surface area contributed by atoms with E-state index in [0.717, 1.165) is 11.1 Å². The Labute approximate surface area is 131 Å². The van der Waals surface area contributed by atoms with E-state index in [1.54, 1.807) is 27.7 Å². The number of carboxylic acids is 1. The molecule has 1 rings (SSSR count). The predicted octanol–water partition coefficient (Wildman–Crippen LogP) is 2.89. The van der Waals surface area contributed by atoms with E-state index in [0.29, 0.717) is 6.61 Å². The van der Waals surface area contributed by atoms with Crippen LogP contribution in [-0.2, 0) is 20.9 Å². The maximum absolute atomic E-state index is 11.3. The van der Waals surface area contributed by atoms with Crippen LogP contribution >= 0.6 is 0 Å². The van der Waals surface area contributed by atoms with Crippen molar-refractivity contribution >= 4 is 11.9 Å². The van der Waals surface area contributed by atoms with Crippen LogP contribution in [-0.4, -0.2) is 22.6 Å². The van der Waals surface area contributed by atoms with Crippen molar-refractivity contribution in [2.45, 2.75) is 46.3 Å². The van der Waals surface area contributed by atoms with Gasteiger partial charge < -0.3 is 15.6 Å². The standard InChI is InChI=1S/C12H17NO2.C5H8O2/c1-12(2,13)8-11(14)15-9-10-6-4-3-5-7-10;1-4(2)3-5(6)7/h3-7H,8-9,13H2,1-2H3;3H,1-2H3,(H,6,7). The molecule has 0 aromatic heterocycles. The molecular formula is C17H25NO4. The Kier molecular flexibility index (Phi) is 8.79. The zero-order valence-electron chi connectivity index (χ0n) is 13.6. The summed E-state index contributed by atoms with van der Waals surface area (Å²) >= 11 is 0. The number of carbonyl (C=O) groups excluding carboxylic acids is 1. The van der Waals surface area contributed by atoms with Crippen LogP contribution in [0.15, 0.2) is 42.0 Å². The number of ether oxygens (including phenoxy) is 1. The Morgan fingerprint density at radius 2 is 1.77 bits per heavy atom. The second-order valence-corrected chi connectivity index (χ2v) is 5.87. The summed E-state index contributed by atoms with van der Waals surface area (Å²) in [5.74, 6) is -1.13. The summed E-state index contributed by atoms with van der Waals surface area (Å²) in [7, 11) is 0. The Hall–Kier alpha value is -2.14. The largest absolute Gasteiger partial charge is 0.478 e. The average Bonchev–Trinajstić information content (AvgIpc) is 2.34. The fraction of sp³-hybridized carbons (Fsp3) is 0.412. The van der Waals surface area contributed by atoms with Crippen molar-refractivity contribution in [3.8, 4) is 0 Å². The number of esters is 1. The molecule has 0 saturated heterocycles. The lowest BCUT2D eigenvalue weighted by atomic mass is 10.0. The highest BCUT2D eigenvalue weighted by Gasteiger charge is 2.17. The van der Waals surface area contributed by atoms with Crippen molar-refractivity contribution < 1.29 is 19.4 Å². The maximum atomic E-state index is 11.3. The number of hydrogen-bond donors (Lipinski definition) is 2. The van der Waals surface area contributed by atoms with Gasteiger partial charge in [-0.15, -0.1) is 0 Å². The van der Waals surface area contributed by atoms with E-state index in [1.165, 1.54) is 6.08 Å². The van der Waals surface area contributed by atoms with Gasteiger partial charge in [-0.2, -0.15) is 0 Å². The first-order valence-electron chi connectivity index (χ1n) is 6.96. The predicted molar refractivity (Wildman–Crippen MR) is 86.2 cm³/mol.